The molecular weight excluding hydrogens is 262 g/mol. The van der Waals surface area contributed by atoms with Crippen molar-refractivity contribution in [3.05, 3.63) is 41.0 Å². The van der Waals surface area contributed by atoms with Crippen molar-refractivity contribution in [1.29, 1.82) is 0 Å². The lowest BCUT2D eigenvalue weighted by Gasteiger charge is -2.12. The van der Waals surface area contributed by atoms with Gasteiger partial charge < -0.3 is 4.74 Å². The van der Waals surface area contributed by atoms with Crippen LogP contribution in [0.5, 0.6) is 5.75 Å². The van der Waals surface area contributed by atoms with E-state index in [4.69, 9.17) is 16.3 Å². The first kappa shape index (κ1) is 13.9. The Labute approximate surface area is 118 Å². The minimum absolute atomic E-state index is 0.0321. The number of hydrogen-bond acceptors (Lipinski definition) is 3. The van der Waals surface area contributed by atoms with E-state index in [0.29, 0.717) is 6.54 Å². The standard InChI is InChI=1S/C14H18ClN3O/c1-9-5-16-13(10(2)14(9)19-4)8-18-7-12(6-17-18)11(3)15/h5-7,11H,8H2,1-4H3. The molecule has 0 saturated carbocycles. The van der Waals surface area contributed by atoms with Crippen molar-refractivity contribution < 1.29 is 4.74 Å². The molecule has 0 radical (unpaired) electrons. The summed E-state index contributed by atoms with van der Waals surface area (Å²) in [5.74, 6) is 0.892. The summed E-state index contributed by atoms with van der Waals surface area (Å²) in [6.45, 7) is 6.56. The van der Waals surface area contributed by atoms with E-state index in [2.05, 4.69) is 10.1 Å². The molecule has 0 fully saturated rings. The second-order valence-electron chi connectivity index (χ2n) is 4.63. The third-order valence-corrected chi connectivity index (χ3v) is 3.43. The number of aromatic nitrogens is 3. The van der Waals surface area contributed by atoms with Crippen LogP contribution < -0.4 is 4.74 Å². The molecule has 1 unspecified atom stereocenters. The number of alkyl halides is 1. The largest absolute Gasteiger partial charge is 0.496 e. The van der Waals surface area contributed by atoms with Crippen LogP contribution in [-0.4, -0.2) is 21.9 Å². The highest BCUT2D eigenvalue weighted by Crippen LogP contribution is 2.25. The number of nitrogens with zero attached hydrogens (tertiary/aromatic N) is 3. The topological polar surface area (TPSA) is 39.9 Å². The minimum Gasteiger partial charge on any atom is -0.496 e. The van der Waals surface area contributed by atoms with Crippen molar-refractivity contribution in [2.24, 2.45) is 0 Å². The molecule has 0 aliphatic heterocycles. The average Bonchev–Trinajstić information content (AvgIpc) is 2.82. The number of methoxy groups -OCH3 is 1. The smallest absolute Gasteiger partial charge is 0.128 e. The average molecular weight is 280 g/mol. The number of ether oxygens (including phenoxy) is 1. The number of aryl methyl sites for hydroxylation is 1. The Morgan fingerprint density at radius 1 is 1.37 bits per heavy atom. The molecule has 0 aromatic carbocycles. The molecule has 4 nitrogen and oxygen atoms in total. The van der Waals surface area contributed by atoms with Gasteiger partial charge in [-0.15, -0.1) is 11.6 Å². The highest BCUT2D eigenvalue weighted by Gasteiger charge is 2.11. The fraction of sp³-hybridized carbons (Fsp3) is 0.429. The lowest BCUT2D eigenvalue weighted by molar-refractivity contribution is 0.406. The molecule has 1 atom stereocenters. The van der Waals surface area contributed by atoms with E-state index in [1.807, 2.05) is 37.8 Å². The normalized spacial score (nSPS) is 12.5. The summed E-state index contributed by atoms with van der Waals surface area (Å²) >= 11 is 6.03. The van der Waals surface area contributed by atoms with Crippen LogP contribution in [0.1, 0.15) is 34.7 Å². The Morgan fingerprint density at radius 3 is 2.68 bits per heavy atom. The van der Waals surface area contributed by atoms with Gasteiger partial charge in [-0.25, -0.2) is 0 Å². The molecule has 0 saturated heterocycles. The molecule has 0 spiro atoms. The van der Waals surface area contributed by atoms with Gasteiger partial charge in [0.2, 0.25) is 0 Å². The molecular formula is C14H18ClN3O. The minimum atomic E-state index is -0.0321. The van der Waals surface area contributed by atoms with Gasteiger partial charge in [-0.05, 0) is 20.8 Å². The van der Waals surface area contributed by atoms with Gasteiger partial charge in [-0.3, -0.25) is 9.67 Å². The monoisotopic (exact) mass is 279 g/mol. The Kier molecular flexibility index (Phi) is 4.10. The zero-order chi connectivity index (χ0) is 14.0. The summed E-state index contributed by atoms with van der Waals surface area (Å²) in [6.07, 6.45) is 5.57. The summed E-state index contributed by atoms with van der Waals surface area (Å²) in [5.41, 5.74) is 4.07. The Balaban J connectivity index is 2.28. The van der Waals surface area contributed by atoms with Crippen LogP contribution in [0.15, 0.2) is 18.6 Å². The summed E-state index contributed by atoms with van der Waals surface area (Å²) < 4.78 is 7.25. The van der Waals surface area contributed by atoms with E-state index >= 15 is 0 Å². The van der Waals surface area contributed by atoms with Crippen LogP contribution in [0.2, 0.25) is 0 Å². The maximum absolute atomic E-state index is 6.03. The molecule has 0 aliphatic carbocycles. The highest BCUT2D eigenvalue weighted by atomic mass is 35.5. The molecule has 0 bridgehead atoms. The van der Waals surface area contributed by atoms with E-state index in [1.165, 1.54) is 0 Å². The molecule has 5 heteroatoms. The fourth-order valence-electron chi connectivity index (χ4n) is 2.06. The molecule has 2 aromatic heterocycles. The van der Waals surface area contributed by atoms with E-state index in [0.717, 1.165) is 28.1 Å². The van der Waals surface area contributed by atoms with Crippen molar-refractivity contribution >= 4 is 11.6 Å². The zero-order valence-corrected chi connectivity index (χ0v) is 12.4. The zero-order valence-electron chi connectivity index (χ0n) is 11.6. The van der Waals surface area contributed by atoms with E-state index in [9.17, 15) is 0 Å². The van der Waals surface area contributed by atoms with Crippen molar-refractivity contribution in [3.8, 4) is 5.75 Å². The molecule has 2 aromatic rings. The SMILES string of the molecule is COc1c(C)cnc(Cn2cc(C(C)Cl)cn2)c1C. The lowest BCUT2D eigenvalue weighted by Crippen LogP contribution is -2.06. The van der Waals surface area contributed by atoms with Crippen molar-refractivity contribution in [2.75, 3.05) is 7.11 Å². The molecule has 19 heavy (non-hydrogen) atoms. The maximum atomic E-state index is 6.03. The molecule has 0 N–H and O–H groups in total. The van der Waals surface area contributed by atoms with Gasteiger partial charge in [-0.1, -0.05) is 0 Å². The Morgan fingerprint density at radius 2 is 2.11 bits per heavy atom. The van der Waals surface area contributed by atoms with Gasteiger partial charge in [-0.2, -0.15) is 5.10 Å². The first-order chi connectivity index (χ1) is 9.02. The molecule has 0 amide bonds. The van der Waals surface area contributed by atoms with Crippen LogP contribution in [-0.2, 0) is 6.54 Å². The van der Waals surface area contributed by atoms with Gasteiger partial charge in [0.15, 0.2) is 0 Å². The predicted molar refractivity (Wildman–Crippen MR) is 75.9 cm³/mol. The van der Waals surface area contributed by atoms with Crippen LogP contribution in [0.25, 0.3) is 0 Å². The van der Waals surface area contributed by atoms with Crippen molar-refractivity contribution in [1.82, 2.24) is 14.8 Å². The number of hydrogen-bond donors (Lipinski definition) is 0. The molecule has 102 valence electrons. The van der Waals surface area contributed by atoms with Crippen molar-refractivity contribution in [3.63, 3.8) is 0 Å². The summed E-state index contributed by atoms with van der Waals surface area (Å²) in [6, 6.07) is 0. The van der Waals surface area contributed by atoms with E-state index < -0.39 is 0 Å². The highest BCUT2D eigenvalue weighted by molar-refractivity contribution is 6.20. The molecule has 0 aliphatic rings. The Hall–Kier alpha value is -1.55. The molecule has 2 rings (SSSR count). The van der Waals surface area contributed by atoms with Crippen LogP contribution >= 0.6 is 11.6 Å². The van der Waals surface area contributed by atoms with Crippen LogP contribution in [0, 0.1) is 13.8 Å². The maximum Gasteiger partial charge on any atom is 0.128 e. The predicted octanol–water partition coefficient (Wildman–Crippen LogP) is 3.25. The quantitative estimate of drug-likeness (QED) is 0.807. The third-order valence-electron chi connectivity index (χ3n) is 3.17. The van der Waals surface area contributed by atoms with Gasteiger partial charge >= 0.3 is 0 Å². The van der Waals surface area contributed by atoms with Gasteiger partial charge in [0.25, 0.3) is 0 Å². The Bertz CT molecular complexity index is 578. The first-order valence-corrected chi connectivity index (χ1v) is 6.62. The van der Waals surface area contributed by atoms with Crippen molar-refractivity contribution in [2.45, 2.75) is 32.7 Å². The first-order valence-electron chi connectivity index (χ1n) is 6.18. The third kappa shape index (κ3) is 2.89. The fourth-order valence-corrected chi connectivity index (χ4v) is 2.17. The van der Waals surface area contributed by atoms with E-state index in [1.54, 1.807) is 13.3 Å². The number of halogens is 1. The summed E-state index contributed by atoms with van der Waals surface area (Å²) in [4.78, 5) is 4.46. The number of rotatable bonds is 4. The lowest BCUT2D eigenvalue weighted by atomic mass is 10.1. The summed E-state index contributed by atoms with van der Waals surface area (Å²) in [7, 11) is 1.68. The second-order valence-corrected chi connectivity index (χ2v) is 5.29. The van der Waals surface area contributed by atoms with Gasteiger partial charge in [0.1, 0.15) is 5.75 Å². The van der Waals surface area contributed by atoms with Crippen LogP contribution in [0.4, 0.5) is 0 Å². The van der Waals surface area contributed by atoms with Gasteiger partial charge in [0, 0.05) is 29.1 Å². The molecule has 2 heterocycles. The van der Waals surface area contributed by atoms with E-state index in [-0.39, 0.29) is 5.38 Å². The van der Waals surface area contributed by atoms with Gasteiger partial charge in [0.05, 0.1) is 30.9 Å². The van der Waals surface area contributed by atoms with Crippen LogP contribution in [0.3, 0.4) is 0 Å². The summed E-state index contributed by atoms with van der Waals surface area (Å²) in [5, 5.41) is 4.27. The number of pyridine rings is 1. The second kappa shape index (κ2) is 5.61.